The van der Waals surface area contributed by atoms with Crippen molar-refractivity contribution in [3.05, 3.63) is 17.5 Å². The summed E-state index contributed by atoms with van der Waals surface area (Å²) in [6, 6.07) is 1.48. The normalized spacial score (nSPS) is 9.69. The molecule has 0 unspecified atom stereocenters. The molecule has 0 aliphatic heterocycles. The molecule has 5 nitrogen and oxygen atoms in total. The van der Waals surface area contributed by atoms with Gasteiger partial charge in [0.05, 0.1) is 0 Å². The Morgan fingerprint density at radius 1 is 1.62 bits per heavy atom. The molecule has 2 N–H and O–H groups in total. The molecule has 1 rings (SSSR count). The van der Waals surface area contributed by atoms with E-state index in [0.29, 0.717) is 12.4 Å². The molecule has 0 spiro atoms. The number of aryl methyl sites for hydroxylation is 1. The monoisotopic (exact) mass is 181 g/mol. The number of hydrogen-bond acceptors (Lipinski definition) is 4. The molecule has 0 fully saturated rings. The molecule has 5 heteroatoms. The minimum Gasteiger partial charge on any atom is -0.477 e. The van der Waals surface area contributed by atoms with Gasteiger partial charge in [-0.15, -0.1) is 0 Å². The maximum atomic E-state index is 10.6. The largest absolute Gasteiger partial charge is 0.477 e. The van der Waals surface area contributed by atoms with Gasteiger partial charge in [0.2, 0.25) is 5.95 Å². The number of rotatable bonds is 3. The van der Waals surface area contributed by atoms with Crippen molar-refractivity contribution in [2.24, 2.45) is 0 Å². The zero-order valence-electron chi connectivity index (χ0n) is 7.53. The standard InChI is InChI=1S/C8H11N3O2/c1-3-5-4-6(7(12)13)11-8(9-2)10-5/h4H,3H2,1-2H3,(H,12,13)(H,9,10,11). The van der Waals surface area contributed by atoms with Crippen LogP contribution in [0.2, 0.25) is 0 Å². The van der Waals surface area contributed by atoms with Gasteiger partial charge in [0, 0.05) is 12.7 Å². The zero-order valence-corrected chi connectivity index (χ0v) is 7.53. The third-order valence-corrected chi connectivity index (χ3v) is 1.58. The first kappa shape index (κ1) is 9.44. The molecular formula is C8H11N3O2. The van der Waals surface area contributed by atoms with Gasteiger partial charge in [-0.25, -0.2) is 14.8 Å². The zero-order chi connectivity index (χ0) is 9.84. The second-order valence-electron chi connectivity index (χ2n) is 2.48. The molecule has 0 aliphatic carbocycles. The number of aromatic carboxylic acids is 1. The lowest BCUT2D eigenvalue weighted by Crippen LogP contribution is -2.07. The third-order valence-electron chi connectivity index (χ3n) is 1.58. The van der Waals surface area contributed by atoms with E-state index in [1.54, 1.807) is 7.05 Å². The van der Waals surface area contributed by atoms with Crippen LogP contribution in [0.3, 0.4) is 0 Å². The van der Waals surface area contributed by atoms with E-state index in [-0.39, 0.29) is 5.69 Å². The number of nitrogens with one attached hydrogen (secondary N) is 1. The Morgan fingerprint density at radius 2 is 2.31 bits per heavy atom. The Morgan fingerprint density at radius 3 is 2.77 bits per heavy atom. The SMILES string of the molecule is CCc1cc(C(=O)O)nc(NC)n1. The summed E-state index contributed by atoms with van der Waals surface area (Å²) < 4.78 is 0. The van der Waals surface area contributed by atoms with Gasteiger partial charge in [0.25, 0.3) is 0 Å². The van der Waals surface area contributed by atoms with E-state index < -0.39 is 5.97 Å². The molecule has 0 saturated heterocycles. The van der Waals surface area contributed by atoms with Crippen LogP contribution in [0.25, 0.3) is 0 Å². The average molecular weight is 181 g/mol. The molecule has 1 aromatic heterocycles. The fourth-order valence-corrected chi connectivity index (χ4v) is 0.900. The Bertz CT molecular complexity index is 303. The van der Waals surface area contributed by atoms with Gasteiger partial charge in [-0.1, -0.05) is 6.92 Å². The minimum absolute atomic E-state index is 0.0243. The van der Waals surface area contributed by atoms with Crippen molar-refractivity contribution < 1.29 is 9.90 Å². The summed E-state index contributed by atoms with van der Waals surface area (Å²) in [7, 11) is 1.65. The van der Waals surface area contributed by atoms with Crippen molar-refractivity contribution >= 4 is 11.9 Å². The highest BCUT2D eigenvalue weighted by atomic mass is 16.4. The fourth-order valence-electron chi connectivity index (χ4n) is 0.900. The highest BCUT2D eigenvalue weighted by Crippen LogP contribution is 2.05. The summed E-state index contributed by atoms with van der Waals surface area (Å²) in [6.07, 6.45) is 0.692. The van der Waals surface area contributed by atoms with Gasteiger partial charge in [-0.3, -0.25) is 0 Å². The van der Waals surface area contributed by atoms with Crippen LogP contribution in [0.1, 0.15) is 23.1 Å². The topological polar surface area (TPSA) is 75.1 Å². The van der Waals surface area contributed by atoms with E-state index in [1.165, 1.54) is 6.07 Å². The van der Waals surface area contributed by atoms with Gasteiger partial charge in [0.1, 0.15) is 0 Å². The van der Waals surface area contributed by atoms with Crippen molar-refractivity contribution in [2.45, 2.75) is 13.3 Å². The summed E-state index contributed by atoms with van der Waals surface area (Å²) in [5.74, 6) is -0.689. The van der Waals surface area contributed by atoms with Gasteiger partial charge >= 0.3 is 5.97 Å². The predicted molar refractivity (Wildman–Crippen MR) is 47.9 cm³/mol. The molecule has 0 aliphatic rings. The average Bonchev–Trinajstić information content (AvgIpc) is 2.16. The van der Waals surface area contributed by atoms with E-state index in [1.807, 2.05) is 6.92 Å². The molecule has 70 valence electrons. The van der Waals surface area contributed by atoms with E-state index in [4.69, 9.17) is 5.11 Å². The van der Waals surface area contributed by atoms with Crippen molar-refractivity contribution in [2.75, 3.05) is 12.4 Å². The molecule has 13 heavy (non-hydrogen) atoms. The Hall–Kier alpha value is -1.65. The van der Waals surface area contributed by atoms with Crippen molar-refractivity contribution in [3.63, 3.8) is 0 Å². The summed E-state index contributed by atoms with van der Waals surface area (Å²) in [6.45, 7) is 1.91. The lowest BCUT2D eigenvalue weighted by Gasteiger charge is -2.02. The first-order valence-electron chi connectivity index (χ1n) is 3.96. The van der Waals surface area contributed by atoms with E-state index in [0.717, 1.165) is 5.69 Å². The van der Waals surface area contributed by atoms with Gasteiger partial charge in [0.15, 0.2) is 5.69 Å². The lowest BCUT2D eigenvalue weighted by atomic mass is 10.3. The van der Waals surface area contributed by atoms with Crippen molar-refractivity contribution in [3.8, 4) is 0 Å². The Kier molecular flexibility index (Phi) is 2.79. The highest BCUT2D eigenvalue weighted by molar-refractivity contribution is 5.85. The van der Waals surface area contributed by atoms with Crippen molar-refractivity contribution in [1.29, 1.82) is 0 Å². The van der Waals surface area contributed by atoms with Crippen LogP contribution in [-0.4, -0.2) is 28.1 Å². The van der Waals surface area contributed by atoms with Crippen LogP contribution >= 0.6 is 0 Å². The number of carbonyl (C=O) groups is 1. The molecule has 0 atom stereocenters. The lowest BCUT2D eigenvalue weighted by molar-refractivity contribution is 0.0690. The summed E-state index contributed by atoms with van der Waals surface area (Å²) in [4.78, 5) is 18.5. The van der Waals surface area contributed by atoms with Crippen molar-refractivity contribution in [1.82, 2.24) is 9.97 Å². The number of aromatic nitrogens is 2. The van der Waals surface area contributed by atoms with Gasteiger partial charge in [-0.2, -0.15) is 0 Å². The first-order chi connectivity index (χ1) is 6.17. The molecule has 0 radical (unpaired) electrons. The maximum absolute atomic E-state index is 10.6. The van der Waals surface area contributed by atoms with E-state index >= 15 is 0 Å². The quantitative estimate of drug-likeness (QED) is 0.720. The Balaban J connectivity index is 3.14. The van der Waals surface area contributed by atoms with E-state index in [2.05, 4.69) is 15.3 Å². The minimum atomic E-state index is -1.03. The van der Waals surface area contributed by atoms with E-state index in [9.17, 15) is 4.79 Å². The summed E-state index contributed by atoms with van der Waals surface area (Å²) in [5.41, 5.74) is 0.743. The van der Waals surface area contributed by atoms with Crippen LogP contribution in [-0.2, 0) is 6.42 Å². The van der Waals surface area contributed by atoms with Crippen LogP contribution < -0.4 is 5.32 Å². The molecule has 0 bridgehead atoms. The van der Waals surface area contributed by atoms with Gasteiger partial charge in [-0.05, 0) is 12.5 Å². The third kappa shape index (κ3) is 2.14. The molecular weight excluding hydrogens is 170 g/mol. The van der Waals surface area contributed by atoms with Crippen LogP contribution in [0.5, 0.6) is 0 Å². The predicted octanol–water partition coefficient (Wildman–Crippen LogP) is 0.779. The molecule has 0 aromatic carbocycles. The molecule has 0 amide bonds. The van der Waals surface area contributed by atoms with Crippen LogP contribution in [0.15, 0.2) is 6.07 Å². The first-order valence-corrected chi connectivity index (χ1v) is 3.96. The fraction of sp³-hybridized carbons (Fsp3) is 0.375. The smallest absolute Gasteiger partial charge is 0.354 e. The summed E-state index contributed by atoms with van der Waals surface area (Å²) in [5, 5.41) is 11.4. The second kappa shape index (κ2) is 3.84. The number of anilines is 1. The number of hydrogen-bond donors (Lipinski definition) is 2. The number of carboxylic acid groups (broad SMARTS) is 1. The maximum Gasteiger partial charge on any atom is 0.354 e. The molecule has 0 saturated carbocycles. The van der Waals surface area contributed by atoms with Gasteiger partial charge < -0.3 is 10.4 Å². The Labute approximate surface area is 75.8 Å². The second-order valence-corrected chi connectivity index (χ2v) is 2.48. The van der Waals surface area contributed by atoms with Crippen LogP contribution in [0.4, 0.5) is 5.95 Å². The molecule has 1 aromatic rings. The summed E-state index contributed by atoms with van der Waals surface area (Å²) >= 11 is 0. The highest BCUT2D eigenvalue weighted by Gasteiger charge is 2.08. The molecule has 1 heterocycles. The van der Waals surface area contributed by atoms with Crippen LogP contribution in [0, 0.1) is 0 Å². The number of carboxylic acids is 1. The number of nitrogens with zero attached hydrogens (tertiary/aromatic N) is 2.